The highest BCUT2D eigenvalue weighted by atomic mass is 79.9. The molecule has 1 aliphatic rings. The third-order valence-corrected chi connectivity index (χ3v) is 4.59. The van der Waals surface area contributed by atoms with E-state index in [1.165, 1.54) is 11.8 Å². The summed E-state index contributed by atoms with van der Waals surface area (Å²) in [6, 6.07) is 9.75. The molecule has 24 heavy (non-hydrogen) atoms. The summed E-state index contributed by atoms with van der Waals surface area (Å²) in [5.41, 5.74) is 3.31. The molecule has 3 heterocycles. The highest BCUT2D eigenvalue weighted by molar-refractivity contribution is 9.10. The number of pyridine rings is 1. The van der Waals surface area contributed by atoms with E-state index >= 15 is 0 Å². The second-order valence-electron chi connectivity index (χ2n) is 5.07. The first-order valence-electron chi connectivity index (χ1n) is 7.16. The maximum absolute atomic E-state index is 6.11. The molecule has 0 spiro atoms. The van der Waals surface area contributed by atoms with E-state index in [4.69, 9.17) is 4.74 Å². The Morgan fingerprint density at radius 2 is 2.17 bits per heavy atom. The molecule has 0 saturated heterocycles. The number of aromatic nitrogens is 4. The average molecular weight is 402 g/mol. The maximum atomic E-state index is 6.11. The number of anilines is 1. The van der Waals surface area contributed by atoms with Crippen molar-refractivity contribution in [2.45, 2.75) is 11.4 Å². The Labute approximate surface area is 151 Å². The van der Waals surface area contributed by atoms with Crippen molar-refractivity contribution in [3.63, 3.8) is 0 Å². The zero-order valence-electron chi connectivity index (χ0n) is 12.6. The quantitative estimate of drug-likeness (QED) is 0.652. The number of benzene rings is 1. The summed E-state index contributed by atoms with van der Waals surface area (Å²) in [5.74, 6) is 0.451. The van der Waals surface area contributed by atoms with E-state index in [2.05, 4.69) is 41.4 Å². The van der Waals surface area contributed by atoms with Crippen molar-refractivity contribution in [2.75, 3.05) is 11.6 Å². The van der Waals surface area contributed by atoms with Crippen molar-refractivity contribution in [3.8, 4) is 17.1 Å². The highest BCUT2D eigenvalue weighted by Gasteiger charge is 2.26. The molecule has 4 rings (SSSR count). The van der Waals surface area contributed by atoms with E-state index in [-0.39, 0.29) is 0 Å². The van der Waals surface area contributed by atoms with Gasteiger partial charge in [-0.1, -0.05) is 33.8 Å². The molecule has 0 radical (unpaired) electrons. The number of rotatable bonds is 2. The van der Waals surface area contributed by atoms with Gasteiger partial charge < -0.3 is 10.1 Å². The molecule has 120 valence electrons. The number of hydrogen-bond donors (Lipinski definition) is 1. The van der Waals surface area contributed by atoms with Crippen LogP contribution in [-0.2, 0) is 0 Å². The van der Waals surface area contributed by atoms with Crippen molar-refractivity contribution in [1.82, 2.24) is 20.2 Å². The van der Waals surface area contributed by atoms with Gasteiger partial charge in [0.25, 0.3) is 0 Å². The summed E-state index contributed by atoms with van der Waals surface area (Å²) in [7, 11) is 0. The van der Waals surface area contributed by atoms with E-state index in [1.807, 2.05) is 36.6 Å². The van der Waals surface area contributed by atoms with Gasteiger partial charge in [-0.2, -0.15) is 4.98 Å². The number of fused-ring (bicyclic) bond motifs is 3. The van der Waals surface area contributed by atoms with Crippen molar-refractivity contribution >= 4 is 33.4 Å². The summed E-state index contributed by atoms with van der Waals surface area (Å²) < 4.78 is 7.06. The molecule has 1 aromatic carbocycles. The van der Waals surface area contributed by atoms with Gasteiger partial charge in [-0.05, 0) is 30.5 Å². The van der Waals surface area contributed by atoms with Crippen LogP contribution in [0.5, 0.6) is 5.88 Å². The van der Waals surface area contributed by atoms with Crippen LogP contribution in [0.25, 0.3) is 11.3 Å². The second kappa shape index (κ2) is 6.37. The molecule has 3 aromatic rings. The van der Waals surface area contributed by atoms with Crippen LogP contribution >= 0.6 is 27.7 Å². The number of hydrogen-bond acceptors (Lipinski definition) is 7. The summed E-state index contributed by atoms with van der Waals surface area (Å²) in [4.78, 5) is 8.66. The van der Waals surface area contributed by atoms with Crippen LogP contribution in [0.4, 0.5) is 5.69 Å². The van der Waals surface area contributed by atoms with Crippen LogP contribution in [-0.4, -0.2) is 26.4 Å². The highest BCUT2D eigenvalue weighted by Crippen LogP contribution is 2.40. The molecule has 2 aromatic heterocycles. The normalized spacial score (nSPS) is 15.5. The van der Waals surface area contributed by atoms with Crippen LogP contribution in [0.2, 0.25) is 0 Å². The SMILES string of the molecule is CSc1nnc2c(n1)O[C@@H](c1cccnc1)Nc1ccc(Br)cc1-2. The third kappa shape index (κ3) is 2.83. The molecule has 0 saturated carbocycles. The van der Waals surface area contributed by atoms with Crippen molar-refractivity contribution in [3.05, 3.63) is 52.8 Å². The second-order valence-corrected chi connectivity index (χ2v) is 6.76. The lowest BCUT2D eigenvalue weighted by Gasteiger charge is -2.18. The molecule has 0 unspecified atom stereocenters. The largest absolute Gasteiger partial charge is 0.448 e. The van der Waals surface area contributed by atoms with Gasteiger partial charge in [0.2, 0.25) is 11.0 Å². The zero-order chi connectivity index (χ0) is 16.5. The molecular formula is C16H12BrN5OS. The van der Waals surface area contributed by atoms with Gasteiger partial charge >= 0.3 is 0 Å². The molecule has 0 aliphatic carbocycles. The van der Waals surface area contributed by atoms with Gasteiger partial charge in [0.05, 0.1) is 0 Å². The van der Waals surface area contributed by atoms with Gasteiger partial charge in [0.1, 0.15) is 0 Å². The van der Waals surface area contributed by atoms with E-state index in [0.29, 0.717) is 16.7 Å². The van der Waals surface area contributed by atoms with Gasteiger partial charge in [-0.15, -0.1) is 10.2 Å². The van der Waals surface area contributed by atoms with Crippen molar-refractivity contribution in [1.29, 1.82) is 0 Å². The Morgan fingerprint density at radius 1 is 1.25 bits per heavy atom. The van der Waals surface area contributed by atoms with Crippen molar-refractivity contribution < 1.29 is 4.74 Å². The predicted molar refractivity (Wildman–Crippen MR) is 96.0 cm³/mol. The molecule has 0 bridgehead atoms. The fourth-order valence-electron chi connectivity index (χ4n) is 2.44. The fraction of sp³-hybridized carbons (Fsp3) is 0.125. The molecule has 1 aliphatic heterocycles. The van der Waals surface area contributed by atoms with Gasteiger partial charge in [-0.25, -0.2) is 0 Å². The summed E-state index contributed by atoms with van der Waals surface area (Å²) in [6.45, 7) is 0. The fourth-order valence-corrected chi connectivity index (χ4v) is 3.10. The number of nitrogens with zero attached hydrogens (tertiary/aromatic N) is 4. The first-order valence-corrected chi connectivity index (χ1v) is 9.18. The lowest BCUT2D eigenvalue weighted by Crippen LogP contribution is -2.17. The van der Waals surface area contributed by atoms with E-state index < -0.39 is 6.23 Å². The zero-order valence-corrected chi connectivity index (χ0v) is 15.0. The molecular weight excluding hydrogens is 390 g/mol. The Kier molecular flexibility index (Phi) is 4.07. The first-order chi connectivity index (χ1) is 11.7. The minimum Gasteiger partial charge on any atom is -0.448 e. The van der Waals surface area contributed by atoms with Crippen molar-refractivity contribution in [2.24, 2.45) is 0 Å². The van der Waals surface area contributed by atoms with Gasteiger partial charge in [-0.3, -0.25) is 4.98 Å². The van der Waals surface area contributed by atoms with E-state index in [9.17, 15) is 0 Å². The van der Waals surface area contributed by atoms with E-state index in [0.717, 1.165) is 21.3 Å². The Morgan fingerprint density at radius 3 is 2.96 bits per heavy atom. The van der Waals surface area contributed by atoms with Gasteiger partial charge in [0, 0.05) is 33.7 Å². The predicted octanol–water partition coefficient (Wildman–Crippen LogP) is 3.92. The summed E-state index contributed by atoms with van der Waals surface area (Å²) >= 11 is 4.93. The Hall–Kier alpha value is -2.19. The monoisotopic (exact) mass is 401 g/mol. The summed E-state index contributed by atoms with van der Waals surface area (Å²) in [5, 5.41) is 12.4. The molecule has 0 fully saturated rings. The Balaban J connectivity index is 1.89. The molecule has 8 heteroatoms. The molecule has 6 nitrogen and oxygen atoms in total. The molecule has 0 amide bonds. The first kappa shape index (κ1) is 15.3. The number of nitrogens with one attached hydrogen (secondary N) is 1. The average Bonchev–Trinajstić information content (AvgIpc) is 2.78. The van der Waals surface area contributed by atoms with E-state index in [1.54, 1.807) is 12.4 Å². The van der Waals surface area contributed by atoms with Crippen LogP contribution < -0.4 is 10.1 Å². The van der Waals surface area contributed by atoms with Crippen LogP contribution in [0.1, 0.15) is 11.8 Å². The smallest absolute Gasteiger partial charge is 0.247 e. The number of ether oxygens (including phenoxy) is 1. The standard InChI is InChI=1S/C16H12BrN5OS/c1-24-16-20-15-13(21-22-16)11-7-10(17)4-5-12(11)19-14(23-15)9-3-2-6-18-8-9/h2-8,14,19H,1H3/t14-/m0/s1. The van der Waals surface area contributed by atoms with Crippen LogP contribution in [0, 0.1) is 0 Å². The maximum Gasteiger partial charge on any atom is 0.247 e. The van der Waals surface area contributed by atoms with Crippen LogP contribution in [0.3, 0.4) is 0 Å². The minimum absolute atomic E-state index is 0.411. The third-order valence-electron chi connectivity index (χ3n) is 3.56. The number of halogens is 1. The lowest BCUT2D eigenvalue weighted by atomic mass is 10.1. The topological polar surface area (TPSA) is 72.8 Å². The molecule has 1 N–H and O–H groups in total. The lowest BCUT2D eigenvalue weighted by molar-refractivity contribution is 0.225. The van der Waals surface area contributed by atoms with Gasteiger partial charge in [0.15, 0.2) is 11.9 Å². The summed E-state index contributed by atoms with van der Waals surface area (Å²) in [6.07, 6.45) is 4.99. The molecule has 1 atom stereocenters. The Bertz CT molecular complexity index is 893. The van der Waals surface area contributed by atoms with Crippen LogP contribution in [0.15, 0.2) is 52.4 Å². The number of thioether (sulfide) groups is 1. The minimum atomic E-state index is -0.411.